The maximum absolute atomic E-state index is 11.9. The number of para-hydroxylation sites is 1. The second-order valence-electron chi connectivity index (χ2n) is 8.44. The number of nitrogens with one attached hydrogen (secondary N) is 3. The predicted molar refractivity (Wildman–Crippen MR) is 151 cm³/mol. The predicted octanol–water partition coefficient (Wildman–Crippen LogP) is 6.65. The number of H-pyrrole nitrogens is 1. The number of esters is 1. The third-order valence-electron chi connectivity index (χ3n) is 5.98. The summed E-state index contributed by atoms with van der Waals surface area (Å²) in [5, 5.41) is 10.6. The number of ether oxygens (including phenoxy) is 1. The summed E-state index contributed by atoms with van der Waals surface area (Å²) in [7, 11) is 0. The van der Waals surface area contributed by atoms with Crippen LogP contribution < -0.4 is 10.7 Å². The van der Waals surface area contributed by atoms with E-state index in [1.165, 1.54) is 0 Å². The molecule has 0 unspecified atom stereocenters. The zero-order valence-corrected chi connectivity index (χ0v) is 21.0. The first-order valence-corrected chi connectivity index (χ1v) is 12.4. The highest BCUT2D eigenvalue weighted by atomic mass is 35.5. The number of nitrogens with zero attached hydrogens (tertiary/aromatic N) is 2. The quantitative estimate of drug-likeness (QED) is 0.117. The summed E-state index contributed by atoms with van der Waals surface area (Å²) in [6.07, 6.45) is 4.41. The van der Waals surface area contributed by atoms with E-state index in [4.69, 9.17) is 16.3 Å². The first-order valence-electron chi connectivity index (χ1n) is 12.1. The Balaban J connectivity index is 1.39. The third-order valence-corrected chi connectivity index (χ3v) is 6.22. The summed E-state index contributed by atoms with van der Waals surface area (Å²) in [6.45, 7) is 2.83. The second-order valence-corrected chi connectivity index (χ2v) is 8.87. The highest BCUT2D eigenvalue weighted by Crippen LogP contribution is 2.29. The number of fused-ring (bicyclic) bond motifs is 3. The molecule has 0 amide bonds. The smallest absolute Gasteiger partial charge is 0.338 e. The van der Waals surface area contributed by atoms with Gasteiger partial charge in [0.2, 0.25) is 0 Å². The molecular weight excluding hydrogens is 486 g/mol. The lowest BCUT2D eigenvalue weighted by Crippen LogP contribution is -2.08. The number of carbonyl (C=O) groups is 1. The number of rotatable bonds is 9. The Hall–Kier alpha value is -4.36. The summed E-state index contributed by atoms with van der Waals surface area (Å²) < 4.78 is 5.05. The molecular formula is C29H26ClN5O2. The van der Waals surface area contributed by atoms with E-state index >= 15 is 0 Å². The van der Waals surface area contributed by atoms with E-state index in [0.717, 1.165) is 50.9 Å². The van der Waals surface area contributed by atoms with Crippen LogP contribution in [0.2, 0.25) is 5.02 Å². The number of aromatic amines is 1. The van der Waals surface area contributed by atoms with Crippen molar-refractivity contribution >= 4 is 57.0 Å². The van der Waals surface area contributed by atoms with Crippen LogP contribution in [0.5, 0.6) is 0 Å². The number of hydrazone groups is 1. The van der Waals surface area contributed by atoms with Crippen molar-refractivity contribution in [2.45, 2.75) is 13.3 Å². The minimum absolute atomic E-state index is 0.317. The monoisotopic (exact) mass is 511 g/mol. The van der Waals surface area contributed by atoms with Crippen LogP contribution in [0.1, 0.15) is 28.5 Å². The number of halogens is 1. The van der Waals surface area contributed by atoms with Gasteiger partial charge in [0, 0.05) is 51.9 Å². The highest BCUT2D eigenvalue weighted by molar-refractivity contribution is 6.31. The van der Waals surface area contributed by atoms with Crippen molar-refractivity contribution in [3.05, 3.63) is 101 Å². The SMILES string of the molecule is CCOC(=O)c1ccc(NCCc2[nH]c3c(cnc4cc(Cl)ccc43)c2C=NNc2ccccc2)cc1. The van der Waals surface area contributed by atoms with Gasteiger partial charge in [-0.3, -0.25) is 10.4 Å². The minimum atomic E-state index is -0.317. The Morgan fingerprint density at radius 3 is 2.65 bits per heavy atom. The van der Waals surface area contributed by atoms with Gasteiger partial charge in [-0.05, 0) is 61.5 Å². The van der Waals surface area contributed by atoms with Crippen molar-refractivity contribution in [3.8, 4) is 0 Å². The van der Waals surface area contributed by atoms with Crippen LogP contribution in [0.25, 0.3) is 21.8 Å². The largest absolute Gasteiger partial charge is 0.462 e. The van der Waals surface area contributed by atoms with Crippen molar-refractivity contribution in [2.75, 3.05) is 23.9 Å². The van der Waals surface area contributed by atoms with Crippen molar-refractivity contribution in [3.63, 3.8) is 0 Å². The summed E-state index contributed by atoms with van der Waals surface area (Å²) >= 11 is 6.19. The summed E-state index contributed by atoms with van der Waals surface area (Å²) in [6, 6.07) is 22.8. The molecule has 0 atom stereocenters. The standard InChI is InChI=1S/C29H26ClN5O2/c1-2-37-29(36)19-8-11-21(12-9-19)31-15-14-26-24(18-33-35-22-6-4-3-5-7-22)25-17-32-27-16-20(30)10-13-23(27)28(25)34-26/h3-13,16-18,31,34-35H,2,14-15H2,1H3. The van der Waals surface area contributed by atoms with Gasteiger partial charge in [0.1, 0.15) is 0 Å². The normalized spacial score (nSPS) is 11.3. The summed E-state index contributed by atoms with van der Waals surface area (Å²) in [5.74, 6) is -0.317. The average molecular weight is 512 g/mol. The fourth-order valence-electron chi connectivity index (χ4n) is 4.19. The fourth-order valence-corrected chi connectivity index (χ4v) is 4.35. The maximum atomic E-state index is 11.9. The Morgan fingerprint density at radius 1 is 1.05 bits per heavy atom. The molecule has 0 aliphatic rings. The van der Waals surface area contributed by atoms with E-state index in [-0.39, 0.29) is 5.97 Å². The van der Waals surface area contributed by atoms with Gasteiger partial charge >= 0.3 is 5.97 Å². The van der Waals surface area contributed by atoms with E-state index < -0.39 is 0 Å². The van der Waals surface area contributed by atoms with Crippen molar-refractivity contribution in [1.29, 1.82) is 0 Å². The van der Waals surface area contributed by atoms with Crippen LogP contribution >= 0.6 is 11.6 Å². The number of hydrogen-bond acceptors (Lipinski definition) is 6. The minimum Gasteiger partial charge on any atom is -0.462 e. The van der Waals surface area contributed by atoms with Crippen LogP contribution in [0.4, 0.5) is 11.4 Å². The molecule has 2 aromatic heterocycles. The van der Waals surface area contributed by atoms with E-state index in [0.29, 0.717) is 23.7 Å². The summed E-state index contributed by atoms with van der Waals surface area (Å²) in [5.41, 5.74) is 9.29. The van der Waals surface area contributed by atoms with E-state index in [9.17, 15) is 4.79 Å². The molecule has 0 aliphatic heterocycles. The van der Waals surface area contributed by atoms with Crippen LogP contribution in [0.3, 0.4) is 0 Å². The number of hydrogen-bond donors (Lipinski definition) is 3. The fraction of sp³-hybridized carbons (Fsp3) is 0.138. The van der Waals surface area contributed by atoms with Gasteiger partial charge in [-0.1, -0.05) is 29.8 Å². The molecule has 3 N–H and O–H groups in total. The van der Waals surface area contributed by atoms with Gasteiger partial charge in [-0.2, -0.15) is 5.10 Å². The second kappa shape index (κ2) is 11.1. The molecule has 2 heterocycles. The van der Waals surface area contributed by atoms with Crippen LogP contribution in [0, 0.1) is 0 Å². The van der Waals surface area contributed by atoms with Gasteiger partial charge in [0.05, 0.1) is 35.1 Å². The van der Waals surface area contributed by atoms with E-state index in [2.05, 4.69) is 25.8 Å². The number of carbonyl (C=O) groups excluding carboxylic acids is 1. The topological polar surface area (TPSA) is 91.4 Å². The average Bonchev–Trinajstić information content (AvgIpc) is 3.27. The van der Waals surface area contributed by atoms with Gasteiger partial charge in [-0.15, -0.1) is 0 Å². The molecule has 7 nitrogen and oxygen atoms in total. The molecule has 0 saturated heterocycles. The van der Waals surface area contributed by atoms with Crippen LogP contribution in [0.15, 0.2) is 84.1 Å². The molecule has 5 rings (SSSR count). The lowest BCUT2D eigenvalue weighted by atomic mass is 10.1. The van der Waals surface area contributed by atoms with Crippen LogP contribution in [-0.2, 0) is 11.2 Å². The molecule has 186 valence electrons. The zero-order chi connectivity index (χ0) is 25.6. The molecule has 0 aliphatic carbocycles. The van der Waals surface area contributed by atoms with E-state index in [1.807, 2.05) is 73.1 Å². The van der Waals surface area contributed by atoms with Gasteiger partial charge in [0.25, 0.3) is 0 Å². The van der Waals surface area contributed by atoms with Crippen molar-refractivity contribution < 1.29 is 9.53 Å². The highest BCUT2D eigenvalue weighted by Gasteiger charge is 2.14. The Morgan fingerprint density at radius 2 is 1.86 bits per heavy atom. The van der Waals surface area contributed by atoms with Crippen molar-refractivity contribution in [2.24, 2.45) is 5.10 Å². The molecule has 0 saturated carbocycles. The number of pyridine rings is 1. The first kappa shape index (κ1) is 24.3. The number of anilines is 2. The molecule has 0 fully saturated rings. The lowest BCUT2D eigenvalue weighted by Gasteiger charge is -2.08. The molecule has 37 heavy (non-hydrogen) atoms. The Kier molecular flexibility index (Phi) is 7.33. The molecule has 5 aromatic rings. The number of benzene rings is 3. The lowest BCUT2D eigenvalue weighted by molar-refractivity contribution is 0.0526. The third kappa shape index (κ3) is 5.57. The Labute approximate surface area is 219 Å². The maximum Gasteiger partial charge on any atom is 0.338 e. The van der Waals surface area contributed by atoms with Crippen LogP contribution in [-0.4, -0.2) is 35.3 Å². The molecule has 0 bridgehead atoms. The number of aromatic nitrogens is 2. The Bertz CT molecular complexity index is 1560. The molecule has 0 radical (unpaired) electrons. The molecule has 8 heteroatoms. The zero-order valence-electron chi connectivity index (χ0n) is 20.3. The van der Waals surface area contributed by atoms with Crippen molar-refractivity contribution in [1.82, 2.24) is 9.97 Å². The molecule has 0 spiro atoms. The van der Waals surface area contributed by atoms with Gasteiger partial charge in [-0.25, -0.2) is 4.79 Å². The van der Waals surface area contributed by atoms with E-state index in [1.54, 1.807) is 19.1 Å². The first-order chi connectivity index (χ1) is 18.1. The molecule has 3 aromatic carbocycles. The summed E-state index contributed by atoms with van der Waals surface area (Å²) in [4.78, 5) is 20.1. The van der Waals surface area contributed by atoms with Gasteiger partial charge in [0.15, 0.2) is 0 Å². The van der Waals surface area contributed by atoms with Gasteiger partial charge < -0.3 is 15.0 Å².